The first-order valence-electron chi connectivity index (χ1n) is 9.68. The molecule has 0 radical (unpaired) electrons. The van der Waals surface area contributed by atoms with Crippen molar-refractivity contribution in [2.75, 3.05) is 20.8 Å². The standard InChI is InChI=1S/C23H24N2O3S/c1-4-8-15-13-16(14-19(27-2)21(15)28-3)23(26)25-12-7-10-18(25)22-24-17-9-5-6-11-20(17)29-22/h4-6,9,11,13-14,18H,1,7-8,10,12H2,2-3H3. The molecule has 1 fully saturated rings. The first kappa shape index (κ1) is 19.5. The highest BCUT2D eigenvalue weighted by Crippen LogP contribution is 2.39. The fourth-order valence-corrected chi connectivity index (χ4v) is 5.05. The van der Waals surface area contributed by atoms with E-state index in [1.807, 2.05) is 29.2 Å². The summed E-state index contributed by atoms with van der Waals surface area (Å²) >= 11 is 1.67. The molecule has 1 amide bonds. The summed E-state index contributed by atoms with van der Waals surface area (Å²) in [7, 11) is 3.19. The van der Waals surface area contributed by atoms with Gasteiger partial charge < -0.3 is 14.4 Å². The van der Waals surface area contributed by atoms with Crippen molar-refractivity contribution >= 4 is 27.5 Å². The van der Waals surface area contributed by atoms with Crippen molar-refractivity contribution in [3.8, 4) is 11.5 Å². The molecule has 2 aromatic carbocycles. The van der Waals surface area contributed by atoms with E-state index in [4.69, 9.17) is 14.5 Å². The van der Waals surface area contributed by atoms with E-state index in [1.165, 1.54) is 0 Å². The molecule has 5 nitrogen and oxygen atoms in total. The molecule has 0 saturated carbocycles. The van der Waals surface area contributed by atoms with E-state index in [2.05, 4.69) is 12.6 Å². The Bertz CT molecular complexity index is 1030. The van der Waals surface area contributed by atoms with Crippen LogP contribution in [0.1, 0.15) is 39.8 Å². The molecule has 4 rings (SSSR count). The summed E-state index contributed by atoms with van der Waals surface area (Å²) in [6, 6.07) is 11.8. The zero-order chi connectivity index (χ0) is 20.4. The number of methoxy groups -OCH3 is 2. The van der Waals surface area contributed by atoms with Gasteiger partial charge in [0.25, 0.3) is 5.91 Å². The number of carbonyl (C=O) groups excluding carboxylic acids is 1. The summed E-state index contributed by atoms with van der Waals surface area (Å²) in [6.45, 7) is 4.54. The van der Waals surface area contributed by atoms with Gasteiger partial charge in [0.15, 0.2) is 11.5 Å². The molecule has 29 heavy (non-hydrogen) atoms. The van der Waals surface area contributed by atoms with Crippen LogP contribution in [0, 0.1) is 0 Å². The van der Waals surface area contributed by atoms with Gasteiger partial charge in [0.2, 0.25) is 0 Å². The third-order valence-electron chi connectivity index (χ3n) is 5.28. The predicted molar refractivity (Wildman–Crippen MR) is 116 cm³/mol. The Morgan fingerprint density at radius 2 is 2.14 bits per heavy atom. The monoisotopic (exact) mass is 408 g/mol. The fraction of sp³-hybridized carbons (Fsp3) is 0.304. The van der Waals surface area contributed by atoms with Crippen molar-refractivity contribution in [2.24, 2.45) is 0 Å². The molecule has 150 valence electrons. The Hall–Kier alpha value is -2.86. The van der Waals surface area contributed by atoms with Crippen LogP contribution in [0.2, 0.25) is 0 Å². The van der Waals surface area contributed by atoms with Crippen LogP contribution in [0.3, 0.4) is 0 Å². The van der Waals surface area contributed by atoms with Crippen molar-refractivity contribution in [3.05, 3.63) is 65.2 Å². The number of ether oxygens (including phenoxy) is 2. The van der Waals surface area contributed by atoms with Crippen molar-refractivity contribution in [1.29, 1.82) is 0 Å². The van der Waals surface area contributed by atoms with E-state index in [1.54, 1.807) is 37.7 Å². The number of fused-ring (bicyclic) bond motifs is 1. The second-order valence-corrected chi connectivity index (χ2v) is 8.10. The highest BCUT2D eigenvalue weighted by atomic mass is 32.1. The zero-order valence-electron chi connectivity index (χ0n) is 16.7. The SMILES string of the molecule is C=CCc1cc(C(=O)N2CCCC2c2nc3ccccc3s2)cc(OC)c1OC. The Morgan fingerprint density at radius 1 is 1.31 bits per heavy atom. The van der Waals surface area contributed by atoms with Crippen LogP contribution in [0.15, 0.2) is 49.1 Å². The van der Waals surface area contributed by atoms with E-state index >= 15 is 0 Å². The van der Waals surface area contributed by atoms with Gasteiger partial charge in [0, 0.05) is 17.7 Å². The number of nitrogens with zero attached hydrogens (tertiary/aromatic N) is 2. The number of para-hydroxylation sites is 1. The maximum atomic E-state index is 13.5. The van der Waals surface area contributed by atoms with Crippen LogP contribution < -0.4 is 9.47 Å². The molecule has 6 heteroatoms. The largest absolute Gasteiger partial charge is 0.493 e. The lowest BCUT2D eigenvalue weighted by Gasteiger charge is -2.24. The molecule has 1 saturated heterocycles. The molecule has 3 aromatic rings. The number of likely N-dealkylation sites (tertiary alicyclic amines) is 1. The average Bonchev–Trinajstić information content (AvgIpc) is 3.39. The fourth-order valence-electron chi connectivity index (χ4n) is 3.94. The summed E-state index contributed by atoms with van der Waals surface area (Å²) in [4.78, 5) is 20.2. The smallest absolute Gasteiger partial charge is 0.254 e. The number of benzene rings is 2. The Kier molecular flexibility index (Phi) is 5.53. The maximum Gasteiger partial charge on any atom is 0.254 e. The van der Waals surface area contributed by atoms with Gasteiger partial charge in [0.1, 0.15) is 5.01 Å². The lowest BCUT2D eigenvalue weighted by molar-refractivity contribution is 0.0735. The number of aromatic nitrogens is 1. The van der Waals surface area contributed by atoms with Crippen LogP contribution in [-0.4, -0.2) is 36.6 Å². The lowest BCUT2D eigenvalue weighted by Crippen LogP contribution is -2.30. The summed E-state index contributed by atoms with van der Waals surface area (Å²) in [5, 5.41) is 1.00. The molecule has 1 aromatic heterocycles. The van der Waals surface area contributed by atoms with Crippen molar-refractivity contribution < 1.29 is 14.3 Å². The van der Waals surface area contributed by atoms with Gasteiger partial charge in [-0.2, -0.15) is 0 Å². The van der Waals surface area contributed by atoms with Crippen LogP contribution in [0.4, 0.5) is 0 Å². The summed E-state index contributed by atoms with van der Waals surface area (Å²) < 4.78 is 12.1. The normalized spacial score (nSPS) is 16.2. The minimum Gasteiger partial charge on any atom is -0.493 e. The minimum absolute atomic E-state index is 0.00183. The molecule has 0 spiro atoms. The predicted octanol–water partition coefficient (Wildman–Crippen LogP) is 5.02. The first-order valence-corrected chi connectivity index (χ1v) is 10.5. The molecular weight excluding hydrogens is 384 g/mol. The highest BCUT2D eigenvalue weighted by Gasteiger charge is 2.33. The number of allylic oxidation sites excluding steroid dienone is 1. The molecule has 2 heterocycles. The van der Waals surface area contributed by atoms with Gasteiger partial charge in [-0.25, -0.2) is 4.98 Å². The molecule has 0 N–H and O–H groups in total. The first-order chi connectivity index (χ1) is 14.2. The van der Waals surface area contributed by atoms with Crippen molar-refractivity contribution in [3.63, 3.8) is 0 Å². The van der Waals surface area contributed by atoms with Crippen LogP contribution >= 0.6 is 11.3 Å². The number of hydrogen-bond acceptors (Lipinski definition) is 5. The number of amides is 1. The Morgan fingerprint density at radius 3 is 2.86 bits per heavy atom. The van der Waals surface area contributed by atoms with Gasteiger partial charge in [0.05, 0.1) is 30.5 Å². The maximum absolute atomic E-state index is 13.5. The Balaban J connectivity index is 1.69. The van der Waals surface area contributed by atoms with Crippen LogP contribution in [0.25, 0.3) is 10.2 Å². The second kappa shape index (κ2) is 8.25. The van der Waals surface area contributed by atoms with Crippen molar-refractivity contribution in [1.82, 2.24) is 9.88 Å². The third-order valence-corrected chi connectivity index (χ3v) is 6.41. The number of rotatable bonds is 6. The lowest BCUT2D eigenvalue weighted by atomic mass is 10.0. The molecule has 1 aliphatic rings. The van der Waals surface area contributed by atoms with E-state index in [0.29, 0.717) is 23.5 Å². The van der Waals surface area contributed by atoms with Gasteiger partial charge >= 0.3 is 0 Å². The minimum atomic E-state index is -0.00183. The van der Waals surface area contributed by atoms with Gasteiger partial charge in [-0.3, -0.25) is 4.79 Å². The summed E-state index contributed by atoms with van der Waals surface area (Å²) in [6.07, 6.45) is 4.30. The Labute approximate surface area is 174 Å². The quantitative estimate of drug-likeness (QED) is 0.538. The summed E-state index contributed by atoms with van der Waals surface area (Å²) in [5.41, 5.74) is 2.49. The third kappa shape index (κ3) is 3.60. The number of thiazole rings is 1. The second-order valence-electron chi connectivity index (χ2n) is 7.04. The van der Waals surface area contributed by atoms with E-state index in [0.717, 1.165) is 40.2 Å². The van der Waals surface area contributed by atoms with E-state index in [-0.39, 0.29) is 11.9 Å². The van der Waals surface area contributed by atoms with Crippen molar-refractivity contribution in [2.45, 2.75) is 25.3 Å². The average molecular weight is 409 g/mol. The van der Waals surface area contributed by atoms with Crippen LogP contribution in [-0.2, 0) is 6.42 Å². The number of hydrogen-bond donors (Lipinski definition) is 0. The number of carbonyl (C=O) groups is 1. The van der Waals surface area contributed by atoms with Gasteiger partial charge in [-0.1, -0.05) is 18.2 Å². The molecule has 1 unspecified atom stereocenters. The topological polar surface area (TPSA) is 51.7 Å². The van der Waals surface area contributed by atoms with E-state index in [9.17, 15) is 4.79 Å². The van der Waals surface area contributed by atoms with Gasteiger partial charge in [-0.15, -0.1) is 17.9 Å². The van der Waals surface area contributed by atoms with Crippen LogP contribution in [0.5, 0.6) is 11.5 Å². The van der Waals surface area contributed by atoms with Gasteiger partial charge in [-0.05, 0) is 43.5 Å². The molecule has 1 aliphatic heterocycles. The molecule has 0 bridgehead atoms. The summed E-state index contributed by atoms with van der Waals surface area (Å²) in [5.74, 6) is 1.21. The van der Waals surface area contributed by atoms with E-state index < -0.39 is 0 Å². The molecular formula is C23H24N2O3S. The highest BCUT2D eigenvalue weighted by molar-refractivity contribution is 7.18. The molecule has 1 atom stereocenters. The zero-order valence-corrected chi connectivity index (χ0v) is 17.5. The molecule has 0 aliphatic carbocycles.